The Bertz CT molecular complexity index is 1000. The van der Waals surface area contributed by atoms with Gasteiger partial charge in [-0.2, -0.15) is 4.31 Å². The lowest BCUT2D eigenvalue weighted by Gasteiger charge is -2.34. The van der Waals surface area contributed by atoms with Gasteiger partial charge in [-0.05, 0) is 32.0 Å². The van der Waals surface area contributed by atoms with Gasteiger partial charge in [-0.15, -0.1) is 0 Å². The van der Waals surface area contributed by atoms with E-state index in [1.165, 1.54) is 16.4 Å². The molecule has 0 saturated carbocycles. The maximum absolute atomic E-state index is 13.3. The molecule has 1 fully saturated rings. The number of nitrogens with zero attached hydrogens (tertiary/aromatic N) is 3. The number of amides is 1. The number of rotatable bonds is 7. The summed E-state index contributed by atoms with van der Waals surface area (Å²) in [4.78, 5) is 14.3. The van der Waals surface area contributed by atoms with Crippen molar-refractivity contribution in [2.45, 2.75) is 19.1 Å². The zero-order chi connectivity index (χ0) is 21.9. The molecule has 1 aliphatic heterocycles. The lowest BCUT2D eigenvalue weighted by atomic mass is 10.1. The van der Waals surface area contributed by atoms with Crippen molar-refractivity contribution in [3.8, 4) is 11.3 Å². The molecule has 2 heterocycles. The van der Waals surface area contributed by atoms with E-state index in [0.29, 0.717) is 39.3 Å². The molecule has 0 atom stereocenters. The van der Waals surface area contributed by atoms with Crippen LogP contribution in [-0.4, -0.2) is 73.2 Å². The van der Waals surface area contributed by atoms with Crippen molar-refractivity contribution in [1.29, 1.82) is 0 Å². The Morgan fingerprint density at radius 1 is 1.17 bits per heavy atom. The van der Waals surface area contributed by atoms with Crippen LogP contribution in [0.2, 0.25) is 0 Å². The van der Waals surface area contributed by atoms with Crippen LogP contribution in [-0.2, 0) is 10.0 Å². The molecule has 0 radical (unpaired) electrons. The third kappa shape index (κ3) is 5.02. The number of carbonyl (C=O) groups excluding carboxylic acids is 1. The number of piperazine rings is 1. The summed E-state index contributed by atoms with van der Waals surface area (Å²) in [5, 5.41) is 5.95. The molecule has 1 N–H and O–H groups in total. The first-order valence-electron chi connectivity index (χ1n) is 9.60. The van der Waals surface area contributed by atoms with Crippen LogP contribution in [0.25, 0.3) is 11.3 Å². The number of aromatic nitrogens is 1. The minimum Gasteiger partial charge on any atom is -0.355 e. The predicted octanol–water partition coefficient (Wildman–Crippen LogP) is 1.71. The number of hydrogen-bond donors (Lipinski definition) is 1. The SMILES string of the molecule is CC(C)S(=O)(=O)N1CCN(CCNC(=O)c2cc(-c3ccc(F)c(F)c3)on2)CC1. The molecule has 0 unspecified atom stereocenters. The van der Waals surface area contributed by atoms with E-state index in [0.717, 1.165) is 12.1 Å². The fourth-order valence-electron chi connectivity index (χ4n) is 3.09. The highest BCUT2D eigenvalue weighted by Gasteiger charge is 2.29. The average molecular weight is 442 g/mol. The minimum atomic E-state index is -3.25. The molecular weight excluding hydrogens is 418 g/mol. The van der Waals surface area contributed by atoms with Gasteiger partial charge in [0.25, 0.3) is 5.91 Å². The Morgan fingerprint density at radius 3 is 2.50 bits per heavy atom. The third-order valence-corrected chi connectivity index (χ3v) is 7.22. The monoisotopic (exact) mass is 442 g/mol. The van der Waals surface area contributed by atoms with Gasteiger partial charge >= 0.3 is 0 Å². The number of halogens is 2. The quantitative estimate of drug-likeness (QED) is 0.701. The zero-order valence-corrected chi connectivity index (χ0v) is 17.6. The average Bonchev–Trinajstić information content (AvgIpc) is 3.20. The van der Waals surface area contributed by atoms with Crippen LogP contribution in [0.3, 0.4) is 0 Å². The standard InChI is InChI=1S/C19H24F2N4O4S/c1-13(2)30(27,28)25-9-7-24(8-10-25)6-5-22-19(26)17-12-18(29-23-17)14-3-4-15(20)16(21)11-14/h3-4,11-13H,5-10H2,1-2H3,(H,22,26). The van der Waals surface area contributed by atoms with Gasteiger partial charge in [-0.1, -0.05) is 5.16 Å². The summed E-state index contributed by atoms with van der Waals surface area (Å²) in [6, 6.07) is 4.63. The molecule has 2 aromatic rings. The number of sulfonamides is 1. The van der Waals surface area contributed by atoms with E-state index in [2.05, 4.69) is 15.4 Å². The van der Waals surface area contributed by atoms with Crippen LogP contribution in [0.15, 0.2) is 28.8 Å². The highest BCUT2D eigenvalue weighted by atomic mass is 32.2. The molecule has 1 aliphatic rings. The van der Waals surface area contributed by atoms with E-state index < -0.39 is 32.8 Å². The van der Waals surface area contributed by atoms with Crippen molar-refractivity contribution in [2.75, 3.05) is 39.3 Å². The first kappa shape index (κ1) is 22.3. The third-order valence-electron chi connectivity index (χ3n) is 4.95. The second-order valence-corrected chi connectivity index (χ2v) is 9.78. The van der Waals surface area contributed by atoms with E-state index in [9.17, 15) is 22.0 Å². The van der Waals surface area contributed by atoms with Gasteiger partial charge in [0.15, 0.2) is 23.1 Å². The van der Waals surface area contributed by atoms with Gasteiger partial charge in [-0.25, -0.2) is 17.2 Å². The van der Waals surface area contributed by atoms with E-state index in [-0.39, 0.29) is 17.0 Å². The zero-order valence-electron chi connectivity index (χ0n) is 16.8. The molecule has 0 aliphatic carbocycles. The summed E-state index contributed by atoms with van der Waals surface area (Å²) in [5.41, 5.74) is 0.303. The molecule has 0 spiro atoms. The molecule has 1 aromatic carbocycles. The molecule has 1 amide bonds. The summed E-state index contributed by atoms with van der Waals surface area (Å²) < 4.78 is 57.3. The second kappa shape index (κ2) is 9.19. The molecule has 164 valence electrons. The van der Waals surface area contributed by atoms with Crippen molar-refractivity contribution in [3.63, 3.8) is 0 Å². The summed E-state index contributed by atoms with van der Waals surface area (Å²) in [5.74, 6) is -2.29. The van der Waals surface area contributed by atoms with Gasteiger partial charge in [-0.3, -0.25) is 9.69 Å². The number of carbonyl (C=O) groups is 1. The smallest absolute Gasteiger partial charge is 0.273 e. The number of hydrogen-bond acceptors (Lipinski definition) is 6. The molecule has 8 nitrogen and oxygen atoms in total. The second-order valence-electron chi connectivity index (χ2n) is 7.30. The predicted molar refractivity (Wildman–Crippen MR) is 106 cm³/mol. The van der Waals surface area contributed by atoms with Gasteiger partial charge in [0.2, 0.25) is 10.0 Å². The van der Waals surface area contributed by atoms with Crippen LogP contribution >= 0.6 is 0 Å². The molecular formula is C19H24F2N4O4S. The van der Waals surface area contributed by atoms with Crippen molar-refractivity contribution in [2.24, 2.45) is 0 Å². The van der Waals surface area contributed by atoms with Gasteiger partial charge in [0.05, 0.1) is 5.25 Å². The van der Waals surface area contributed by atoms with Crippen LogP contribution < -0.4 is 5.32 Å². The fraction of sp³-hybridized carbons (Fsp3) is 0.474. The molecule has 0 bridgehead atoms. The maximum atomic E-state index is 13.3. The number of nitrogens with one attached hydrogen (secondary N) is 1. The van der Waals surface area contributed by atoms with Crippen molar-refractivity contribution >= 4 is 15.9 Å². The molecule has 1 aromatic heterocycles. The van der Waals surface area contributed by atoms with E-state index >= 15 is 0 Å². The summed E-state index contributed by atoms with van der Waals surface area (Å²) in [6.07, 6.45) is 0. The van der Waals surface area contributed by atoms with Gasteiger partial charge in [0.1, 0.15) is 0 Å². The summed E-state index contributed by atoms with van der Waals surface area (Å²) in [6.45, 7) is 6.28. The first-order valence-corrected chi connectivity index (χ1v) is 11.1. The van der Waals surface area contributed by atoms with E-state index in [1.807, 2.05) is 0 Å². The summed E-state index contributed by atoms with van der Waals surface area (Å²) in [7, 11) is -3.25. The van der Waals surface area contributed by atoms with Crippen LogP contribution in [0.1, 0.15) is 24.3 Å². The lowest BCUT2D eigenvalue weighted by Crippen LogP contribution is -2.51. The Labute approximate surface area is 173 Å². The van der Waals surface area contributed by atoms with Crippen LogP contribution in [0.4, 0.5) is 8.78 Å². The van der Waals surface area contributed by atoms with E-state index in [1.54, 1.807) is 13.8 Å². The first-order chi connectivity index (χ1) is 14.2. The van der Waals surface area contributed by atoms with Crippen molar-refractivity contribution in [1.82, 2.24) is 19.7 Å². The number of benzene rings is 1. The Hall–Kier alpha value is -2.37. The fourth-order valence-corrected chi connectivity index (χ4v) is 4.36. The van der Waals surface area contributed by atoms with Crippen LogP contribution in [0, 0.1) is 11.6 Å². The highest BCUT2D eigenvalue weighted by molar-refractivity contribution is 7.89. The summed E-state index contributed by atoms with van der Waals surface area (Å²) >= 11 is 0. The minimum absolute atomic E-state index is 0.0302. The van der Waals surface area contributed by atoms with Crippen molar-refractivity contribution in [3.05, 3.63) is 41.6 Å². The molecule has 1 saturated heterocycles. The molecule has 3 rings (SSSR count). The topological polar surface area (TPSA) is 95.8 Å². The van der Waals surface area contributed by atoms with Gasteiger partial charge in [0, 0.05) is 50.9 Å². The molecule has 11 heteroatoms. The largest absolute Gasteiger partial charge is 0.355 e. The Balaban J connectivity index is 1.47. The molecule has 30 heavy (non-hydrogen) atoms. The van der Waals surface area contributed by atoms with Crippen molar-refractivity contribution < 1.29 is 26.5 Å². The van der Waals surface area contributed by atoms with Gasteiger partial charge < -0.3 is 9.84 Å². The lowest BCUT2D eigenvalue weighted by molar-refractivity contribution is 0.0936. The Morgan fingerprint density at radius 2 is 1.87 bits per heavy atom. The van der Waals surface area contributed by atoms with Crippen LogP contribution in [0.5, 0.6) is 0 Å². The highest BCUT2D eigenvalue weighted by Crippen LogP contribution is 2.22. The van der Waals surface area contributed by atoms with E-state index in [4.69, 9.17) is 4.52 Å². The maximum Gasteiger partial charge on any atom is 0.273 e. The Kier molecular flexibility index (Phi) is 6.84. The normalized spacial score (nSPS) is 16.2.